The van der Waals surface area contributed by atoms with Crippen molar-refractivity contribution in [2.24, 2.45) is 0 Å². The molecule has 0 saturated carbocycles. The molecule has 0 atom stereocenters. The topological polar surface area (TPSA) is 16.4 Å². The summed E-state index contributed by atoms with van der Waals surface area (Å²) in [6, 6.07) is 76.5. The third-order valence-electron chi connectivity index (χ3n) is 11.2. The number of hydrogen-bond acceptors (Lipinski definition) is 2. The van der Waals surface area contributed by atoms with Crippen LogP contribution in [0, 0.1) is 0 Å². The molecule has 56 heavy (non-hydrogen) atoms. The van der Waals surface area contributed by atoms with Gasteiger partial charge < -0.3 is 9.32 Å². The molecule has 0 amide bonds. The highest BCUT2D eigenvalue weighted by atomic mass is 16.3. The van der Waals surface area contributed by atoms with Gasteiger partial charge in [-0.1, -0.05) is 158 Å². The summed E-state index contributed by atoms with van der Waals surface area (Å²) in [4.78, 5) is 2.40. The van der Waals surface area contributed by atoms with E-state index in [9.17, 15) is 0 Å². The Kier molecular flexibility index (Phi) is 7.53. The summed E-state index contributed by atoms with van der Waals surface area (Å²) in [5.74, 6) is 0. The molecular weight excluding hydrogens is 679 g/mol. The summed E-state index contributed by atoms with van der Waals surface area (Å²) in [6.07, 6.45) is 0. The van der Waals surface area contributed by atoms with Gasteiger partial charge in [-0.3, -0.25) is 0 Å². The molecule has 2 heteroatoms. The van der Waals surface area contributed by atoms with Gasteiger partial charge in [0, 0.05) is 33.1 Å². The summed E-state index contributed by atoms with van der Waals surface area (Å²) in [7, 11) is 0. The Labute approximate surface area is 325 Å². The number of hydrogen-bond donors (Lipinski definition) is 0. The predicted molar refractivity (Wildman–Crippen MR) is 237 cm³/mol. The molecule has 0 fully saturated rings. The number of fused-ring (bicyclic) bond motifs is 8. The van der Waals surface area contributed by atoms with Crippen LogP contribution in [-0.4, -0.2) is 0 Å². The lowest BCUT2D eigenvalue weighted by molar-refractivity contribution is 0.672. The second kappa shape index (κ2) is 13.2. The Morgan fingerprint density at radius 3 is 1.84 bits per heavy atom. The minimum Gasteiger partial charge on any atom is -0.455 e. The third kappa shape index (κ3) is 5.34. The fourth-order valence-corrected chi connectivity index (χ4v) is 8.55. The second-order valence-electron chi connectivity index (χ2n) is 14.5. The lowest BCUT2D eigenvalue weighted by atomic mass is 9.93. The van der Waals surface area contributed by atoms with Crippen molar-refractivity contribution in [3.8, 4) is 33.4 Å². The van der Waals surface area contributed by atoms with Crippen LogP contribution in [-0.2, 0) is 0 Å². The van der Waals surface area contributed by atoms with E-state index >= 15 is 0 Å². The molecule has 0 saturated heterocycles. The van der Waals surface area contributed by atoms with Crippen LogP contribution in [0.25, 0.3) is 87.6 Å². The molecule has 11 aromatic rings. The smallest absolute Gasteiger partial charge is 0.143 e. The van der Waals surface area contributed by atoms with E-state index in [0.29, 0.717) is 0 Å². The number of nitrogens with zero attached hydrogens (tertiary/aromatic N) is 1. The maximum atomic E-state index is 6.52. The van der Waals surface area contributed by atoms with Gasteiger partial charge in [-0.05, 0) is 109 Å². The van der Waals surface area contributed by atoms with E-state index in [4.69, 9.17) is 4.42 Å². The Bertz CT molecular complexity index is 3250. The molecule has 0 aliphatic rings. The number of furan rings is 1. The minimum atomic E-state index is 0.891. The van der Waals surface area contributed by atoms with Gasteiger partial charge in [0.25, 0.3) is 0 Å². The minimum absolute atomic E-state index is 0.891. The standard InChI is InChI=1S/C54H35NO/c1-2-13-36(14-3-1)39-17-12-18-43(33-39)55(42-29-25-38(26-30-42)50-34-40-16-5-6-19-44(40)47-22-8-9-23-48(47)50)52-24-11-10-20-45(52)41-28-32-53-51(35-41)49-31-27-37-15-4-7-21-46(37)54(49)56-53/h1-35H. The zero-order valence-corrected chi connectivity index (χ0v) is 30.6. The van der Waals surface area contributed by atoms with E-state index in [0.717, 1.165) is 55.5 Å². The van der Waals surface area contributed by atoms with E-state index < -0.39 is 0 Å². The van der Waals surface area contributed by atoms with Gasteiger partial charge in [-0.2, -0.15) is 0 Å². The number of anilines is 3. The van der Waals surface area contributed by atoms with Crippen LogP contribution in [0.3, 0.4) is 0 Å². The van der Waals surface area contributed by atoms with Gasteiger partial charge >= 0.3 is 0 Å². The van der Waals surface area contributed by atoms with Crippen LogP contribution in [0.5, 0.6) is 0 Å². The van der Waals surface area contributed by atoms with Gasteiger partial charge in [0.05, 0.1) is 5.69 Å². The fourth-order valence-electron chi connectivity index (χ4n) is 8.55. The molecule has 0 radical (unpaired) electrons. The van der Waals surface area contributed by atoms with Crippen LogP contribution in [0.2, 0.25) is 0 Å². The van der Waals surface area contributed by atoms with Crippen molar-refractivity contribution in [3.05, 3.63) is 212 Å². The second-order valence-corrected chi connectivity index (χ2v) is 14.5. The van der Waals surface area contributed by atoms with Gasteiger partial charge in [0.15, 0.2) is 0 Å². The Morgan fingerprint density at radius 2 is 0.982 bits per heavy atom. The Morgan fingerprint density at radius 1 is 0.304 bits per heavy atom. The molecule has 0 spiro atoms. The summed E-state index contributed by atoms with van der Waals surface area (Å²) in [5, 5.41) is 9.60. The van der Waals surface area contributed by atoms with Gasteiger partial charge in [0.2, 0.25) is 0 Å². The monoisotopic (exact) mass is 713 g/mol. The van der Waals surface area contributed by atoms with Crippen LogP contribution in [0.1, 0.15) is 0 Å². The van der Waals surface area contributed by atoms with Gasteiger partial charge in [0.1, 0.15) is 11.2 Å². The molecule has 1 aromatic heterocycles. The highest BCUT2D eigenvalue weighted by Crippen LogP contribution is 2.44. The van der Waals surface area contributed by atoms with Crippen LogP contribution < -0.4 is 4.90 Å². The molecule has 262 valence electrons. The summed E-state index contributed by atoms with van der Waals surface area (Å²) < 4.78 is 6.52. The highest BCUT2D eigenvalue weighted by molar-refractivity contribution is 6.16. The predicted octanol–water partition coefficient (Wildman–Crippen LogP) is 15.5. The number of benzene rings is 10. The lowest BCUT2D eigenvalue weighted by Crippen LogP contribution is -2.11. The molecule has 0 unspecified atom stereocenters. The molecule has 2 nitrogen and oxygen atoms in total. The summed E-state index contributed by atoms with van der Waals surface area (Å²) in [6.45, 7) is 0. The van der Waals surface area contributed by atoms with Crippen LogP contribution in [0.15, 0.2) is 217 Å². The van der Waals surface area contributed by atoms with Crippen molar-refractivity contribution in [1.82, 2.24) is 0 Å². The van der Waals surface area contributed by atoms with Crippen LogP contribution in [0.4, 0.5) is 17.1 Å². The molecular formula is C54H35NO. The van der Waals surface area contributed by atoms with Gasteiger partial charge in [-0.15, -0.1) is 0 Å². The average Bonchev–Trinajstić information content (AvgIpc) is 3.66. The molecule has 0 aliphatic carbocycles. The molecule has 0 bridgehead atoms. The van der Waals surface area contributed by atoms with Crippen molar-refractivity contribution in [1.29, 1.82) is 0 Å². The lowest BCUT2D eigenvalue weighted by Gasteiger charge is -2.28. The quantitative estimate of drug-likeness (QED) is 0.160. The van der Waals surface area contributed by atoms with Gasteiger partial charge in [-0.25, -0.2) is 0 Å². The third-order valence-corrected chi connectivity index (χ3v) is 11.2. The zero-order chi connectivity index (χ0) is 37.0. The molecule has 1 heterocycles. The van der Waals surface area contributed by atoms with Crippen LogP contribution >= 0.6 is 0 Å². The van der Waals surface area contributed by atoms with Crippen molar-refractivity contribution >= 4 is 71.3 Å². The van der Waals surface area contributed by atoms with E-state index in [1.54, 1.807) is 0 Å². The van der Waals surface area contributed by atoms with E-state index in [2.05, 4.69) is 217 Å². The van der Waals surface area contributed by atoms with E-state index in [-0.39, 0.29) is 0 Å². The largest absolute Gasteiger partial charge is 0.455 e. The Balaban J connectivity index is 1.08. The first-order valence-corrected chi connectivity index (χ1v) is 19.2. The van der Waals surface area contributed by atoms with Crippen molar-refractivity contribution in [2.75, 3.05) is 4.90 Å². The molecule has 0 N–H and O–H groups in total. The van der Waals surface area contributed by atoms with Crippen molar-refractivity contribution in [3.63, 3.8) is 0 Å². The molecule has 0 aliphatic heterocycles. The number of rotatable bonds is 6. The average molecular weight is 714 g/mol. The number of para-hydroxylation sites is 1. The zero-order valence-electron chi connectivity index (χ0n) is 30.6. The van der Waals surface area contributed by atoms with E-state index in [1.807, 2.05) is 0 Å². The maximum absolute atomic E-state index is 6.52. The SMILES string of the molecule is c1ccc(-c2cccc(N(c3ccc(-c4cc5ccccc5c5ccccc45)cc3)c3ccccc3-c3ccc4oc5c6ccccc6ccc5c4c3)c2)cc1. The first-order chi connectivity index (χ1) is 27.8. The van der Waals surface area contributed by atoms with Crippen molar-refractivity contribution in [2.45, 2.75) is 0 Å². The van der Waals surface area contributed by atoms with E-state index in [1.165, 1.54) is 49.2 Å². The molecule has 10 aromatic carbocycles. The summed E-state index contributed by atoms with van der Waals surface area (Å²) >= 11 is 0. The fraction of sp³-hybridized carbons (Fsp3) is 0. The molecule has 11 rings (SSSR count). The van der Waals surface area contributed by atoms with Crippen molar-refractivity contribution < 1.29 is 4.42 Å². The highest BCUT2D eigenvalue weighted by Gasteiger charge is 2.20. The first-order valence-electron chi connectivity index (χ1n) is 19.2. The maximum Gasteiger partial charge on any atom is 0.143 e. The normalized spacial score (nSPS) is 11.6. The Hall–Kier alpha value is -7.42. The summed E-state index contributed by atoms with van der Waals surface area (Å²) in [5.41, 5.74) is 12.1. The first kappa shape index (κ1) is 32.0.